The summed E-state index contributed by atoms with van der Waals surface area (Å²) in [7, 11) is 0. The maximum absolute atomic E-state index is 5.07. The van der Waals surface area contributed by atoms with Crippen molar-refractivity contribution in [2.75, 3.05) is 46.2 Å². The molecule has 2 aliphatic rings. The van der Waals surface area contributed by atoms with Crippen LogP contribution < -0.4 is 0 Å². The van der Waals surface area contributed by atoms with Crippen LogP contribution in [0.3, 0.4) is 0 Å². The molecule has 0 spiro atoms. The molecule has 2 heterocycles. The average Bonchev–Trinajstić information content (AvgIpc) is 2.22. The molecular weight excluding hydrogens is 240 g/mol. The number of ether oxygens (including phenoxy) is 4. The van der Waals surface area contributed by atoms with Crippen LogP contribution in [0.15, 0.2) is 0 Å². The highest BCUT2D eigenvalue weighted by Gasteiger charge is 2.07. The third-order valence-corrected chi connectivity index (χ3v) is 2.05. The van der Waals surface area contributed by atoms with E-state index in [-0.39, 0.29) is 5.01 Å². The molecule has 0 aromatic rings. The Kier molecular flexibility index (Phi) is 6.75. The van der Waals surface area contributed by atoms with Crippen molar-refractivity contribution in [3.8, 4) is 0 Å². The SMILES string of the molecule is Br[C@@H]1COCCO1.C1COCCO1. The van der Waals surface area contributed by atoms with Gasteiger partial charge in [-0.3, -0.25) is 0 Å². The minimum absolute atomic E-state index is 0.126. The zero-order valence-corrected chi connectivity index (χ0v) is 9.12. The topological polar surface area (TPSA) is 36.9 Å². The van der Waals surface area contributed by atoms with Crippen LogP contribution in [-0.2, 0) is 18.9 Å². The highest BCUT2D eigenvalue weighted by atomic mass is 79.9. The van der Waals surface area contributed by atoms with Gasteiger partial charge in [0.05, 0.1) is 46.2 Å². The van der Waals surface area contributed by atoms with Crippen molar-refractivity contribution in [2.24, 2.45) is 0 Å². The van der Waals surface area contributed by atoms with Crippen molar-refractivity contribution >= 4 is 15.9 Å². The minimum atomic E-state index is 0.126. The van der Waals surface area contributed by atoms with Gasteiger partial charge in [0.15, 0.2) is 0 Å². The molecule has 0 aliphatic carbocycles. The molecule has 0 amide bonds. The van der Waals surface area contributed by atoms with Crippen LogP contribution in [0.25, 0.3) is 0 Å². The van der Waals surface area contributed by atoms with Crippen molar-refractivity contribution < 1.29 is 18.9 Å². The summed E-state index contributed by atoms with van der Waals surface area (Å²) >= 11 is 3.24. The molecule has 5 heteroatoms. The molecule has 1 atom stereocenters. The Balaban J connectivity index is 0.000000132. The van der Waals surface area contributed by atoms with Crippen molar-refractivity contribution in [3.05, 3.63) is 0 Å². The van der Waals surface area contributed by atoms with E-state index >= 15 is 0 Å². The molecule has 0 radical (unpaired) electrons. The van der Waals surface area contributed by atoms with E-state index in [1.54, 1.807) is 0 Å². The van der Waals surface area contributed by atoms with Gasteiger partial charge < -0.3 is 18.9 Å². The van der Waals surface area contributed by atoms with Crippen molar-refractivity contribution in [1.29, 1.82) is 0 Å². The van der Waals surface area contributed by atoms with Crippen LogP contribution in [0.1, 0.15) is 0 Å². The maximum Gasteiger partial charge on any atom is 0.135 e. The molecule has 78 valence electrons. The molecule has 0 saturated carbocycles. The fourth-order valence-electron chi connectivity index (χ4n) is 0.899. The van der Waals surface area contributed by atoms with Crippen LogP contribution in [0.2, 0.25) is 0 Å². The zero-order valence-electron chi connectivity index (χ0n) is 7.54. The molecule has 0 bridgehead atoms. The fourth-order valence-corrected chi connectivity index (χ4v) is 1.27. The Labute approximate surface area is 86.6 Å². The summed E-state index contributed by atoms with van der Waals surface area (Å²) in [5.74, 6) is 0. The molecule has 0 aromatic carbocycles. The lowest BCUT2D eigenvalue weighted by molar-refractivity contribution is -0.0469. The molecule has 2 aliphatic heterocycles. The van der Waals surface area contributed by atoms with Crippen LogP contribution in [0.4, 0.5) is 0 Å². The predicted octanol–water partition coefficient (Wildman–Crippen LogP) is 0.787. The number of hydrogen-bond acceptors (Lipinski definition) is 4. The number of alkyl halides is 1. The summed E-state index contributed by atoms with van der Waals surface area (Å²) in [6.45, 7) is 5.25. The number of rotatable bonds is 0. The van der Waals surface area contributed by atoms with Gasteiger partial charge in [0.1, 0.15) is 5.01 Å². The van der Waals surface area contributed by atoms with Crippen LogP contribution in [0, 0.1) is 0 Å². The van der Waals surface area contributed by atoms with Crippen LogP contribution in [-0.4, -0.2) is 51.3 Å². The van der Waals surface area contributed by atoms with Crippen LogP contribution in [0.5, 0.6) is 0 Å². The Bertz CT molecular complexity index is 101. The lowest BCUT2D eigenvalue weighted by atomic mass is 10.6. The third kappa shape index (κ3) is 6.40. The highest BCUT2D eigenvalue weighted by Crippen LogP contribution is 2.05. The van der Waals surface area contributed by atoms with Crippen molar-refractivity contribution in [1.82, 2.24) is 0 Å². The van der Waals surface area contributed by atoms with Gasteiger partial charge in [0.25, 0.3) is 0 Å². The van der Waals surface area contributed by atoms with Gasteiger partial charge in [0, 0.05) is 0 Å². The largest absolute Gasteiger partial charge is 0.377 e. The van der Waals surface area contributed by atoms with Gasteiger partial charge in [0.2, 0.25) is 0 Å². The van der Waals surface area contributed by atoms with Crippen molar-refractivity contribution in [3.63, 3.8) is 0 Å². The first-order valence-electron chi connectivity index (χ1n) is 4.38. The molecule has 4 nitrogen and oxygen atoms in total. The van der Waals surface area contributed by atoms with E-state index in [2.05, 4.69) is 15.9 Å². The lowest BCUT2D eigenvalue weighted by Crippen LogP contribution is -2.23. The van der Waals surface area contributed by atoms with E-state index in [0.29, 0.717) is 6.61 Å². The number of halogens is 1. The molecule has 0 aromatic heterocycles. The Morgan fingerprint density at radius 3 is 1.54 bits per heavy atom. The van der Waals surface area contributed by atoms with Gasteiger partial charge in [-0.2, -0.15) is 0 Å². The molecule has 0 N–H and O–H groups in total. The van der Waals surface area contributed by atoms with Crippen LogP contribution >= 0.6 is 15.9 Å². The second-order valence-electron chi connectivity index (χ2n) is 2.58. The summed E-state index contributed by atoms with van der Waals surface area (Å²) < 4.78 is 20.0. The van der Waals surface area contributed by atoms with E-state index in [4.69, 9.17) is 18.9 Å². The summed E-state index contributed by atoms with van der Waals surface area (Å²) in [5, 5.41) is 0.126. The minimum Gasteiger partial charge on any atom is -0.377 e. The highest BCUT2D eigenvalue weighted by molar-refractivity contribution is 9.09. The Morgan fingerprint density at radius 1 is 0.769 bits per heavy atom. The van der Waals surface area contributed by atoms with E-state index in [0.717, 1.165) is 39.6 Å². The molecular formula is C8H15BrO4. The maximum atomic E-state index is 5.07. The average molecular weight is 255 g/mol. The molecule has 2 saturated heterocycles. The molecule has 13 heavy (non-hydrogen) atoms. The van der Waals surface area contributed by atoms with Gasteiger partial charge in [-0.25, -0.2) is 0 Å². The molecule has 2 fully saturated rings. The first kappa shape index (κ1) is 11.4. The first-order chi connectivity index (χ1) is 6.39. The predicted molar refractivity (Wildman–Crippen MR) is 51.1 cm³/mol. The molecule has 2 rings (SSSR count). The summed E-state index contributed by atoms with van der Waals surface area (Å²) in [6, 6.07) is 0. The lowest BCUT2D eigenvalue weighted by Gasteiger charge is -2.16. The van der Waals surface area contributed by atoms with E-state index < -0.39 is 0 Å². The number of hydrogen-bond donors (Lipinski definition) is 0. The van der Waals surface area contributed by atoms with E-state index in [1.165, 1.54) is 0 Å². The van der Waals surface area contributed by atoms with E-state index in [1.807, 2.05) is 0 Å². The van der Waals surface area contributed by atoms with Gasteiger partial charge in [-0.1, -0.05) is 15.9 Å². The van der Waals surface area contributed by atoms with Crippen molar-refractivity contribution in [2.45, 2.75) is 5.01 Å². The standard InChI is InChI=1S/C4H7BrO2.C4H8O2/c5-4-3-6-1-2-7-4;1-2-6-4-3-5-1/h4H,1-3H2;1-4H2/t4-;/m0./s1. The van der Waals surface area contributed by atoms with Gasteiger partial charge >= 0.3 is 0 Å². The third-order valence-electron chi connectivity index (χ3n) is 1.52. The zero-order chi connectivity index (χ0) is 9.36. The normalized spacial score (nSPS) is 28.8. The van der Waals surface area contributed by atoms with Gasteiger partial charge in [-0.15, -0.1) is 0 Å². The summed E-state index contributed by atoms with van der Waals surface area (Å²) in [4.78, 5) is 0. The molecule has 0 unspecified atom stereocenters. The summed E-state index contributed by atoms with van der Waals surface area (Å²) in [6.07, 6.45) is 0. The van der Waals surface area contributed by atoms with Gasteiger partial charge in [-0.05, 0) is 0 Å². The quantitative estimate of drug-likeness (QED) is 0.599. The monoisotopic (exact) mass is 254 g/mol. The Hall–Kier alpha value is 0.320. The smallest absolute Gasteiger partial charge is 0.135 e. The fraction of sp³-hybridized carbons (Fsp3) is 1.00. The summed E-state index contributed by atoms with van der Waals surface area (Å²) in [5.41, 5.74) is 0. The first-order valence-corrected chi connectivity index (χ1v) is 5.30. The second-order valence-corrected chi connectivity index (χ2v) is 3.60. The Morgan fingerprint density at radius 2 is 1.31 bits per heavy atom. The second kappa shape index (κ2) is 7.70. The van der Waals surface area contributed by atoms with E-state index in [9.17, 15) is 0 Å².